The number of hydrogen-bond acceptors (Lipinski definition) is 5. The number of pyridine rings is 1. The molecule has 0 aliphatic carbocycles. The third-order valence-corrected chi connectivity index (χ3v) is 6.25. The van der Waals surface area contributed by atoms with Crippen molar-refractivity contribution in [1.29, 1.82) is 0 Å². The molecule has 2 N–H and O–H groups in total. The SMILES string of the molecule is O=C(c1ccc(N2CCC(NCCc3ccncc3)CC2)cc1)N1CCC[C@@H](O)C1. The Labute approximate surface area is 178 Å². The van der Waals surface area contributed by atoms with Crippen molar-refractivity contribution < 1.29 is 9.90 Å². The Morgan fingerprint density at radius 3 is 2.47 bits per heavy atom. The highest BCUT2D eigenvalue weighted by Gasteiger charge is 2.23. The first-order chi connectivity index (χ1) is 14.7. The lowest BCUT2D eigenvalue weighted by molar-refractivity contribution is 0.0474. The average molecular weight is 409 g/mol. The van der Waals surface area contributed by atoms with Gasteiger partial charge in [0, 0.05) is 55.9 Å². The van der Waals surface area contributed by atoms with Gasteiger partial charge in [0.1, 0.15) is 0 Å². The third-order valence-electron chi connectivity index (χ3n) is 6.25. The zero-order chi connectivity index (χ0) is 20.8. The molecule has 4 rings (SSSR count). The van der Waals surface area contributed by atoms with Gasteiger partial charge < -0.3 is 20.2 Å². The Bertz CT molecular complexity index is 804. The first kappa shape index (κ1) is 20.8. The van der Waals surface area contributed by atoms with E-state index in [1.54, 1.807) is 4.90 Å². The second-order valence-corrected chi connectivity index (χ2v) is 8.42. The number of piperidine rings is 2. The van der Waals surface area contributed by atoms with Crippen molar-refractivity contribution in [3.05, 3.63) is 59.9 Å². The van der Waals surface area contributed by atoms with Crippen molar-refractivity contribution in [2.45, 2.75) is 44.2 Å². The molecule has 0 unspecified atom stereocenters. The molecule has 160 valence electrons. The summed E-state index contributed by atoms with van der Waals surface area (Å²) in [7, 11) is 0. The van der Waals surface area contributed by atoms with Crippen LogP contribution in [0.1, 0.15) is 41.6 Å². The largest absolute Gasteiger partial charge is 0.391 e. The lowest BCUT2D eigenvalue weighted by Gasteiger charge is -2.34. The summed E-state index contributed by atoms with van der Waals surface area (Å²) in [6.07, 6.45) is 8.26. The topological polar surface area (TPSA) is 68.7 Å². The second kappa shape index (κ2) is 10.0. The Morgan fingerprint density at radius 1 is 1.03 bits per heavy atom. The van der Waals surface area contributed by atoms with Gasteiger partial charge in [-0.15, -0.1) is 0 Å². The van der Waals surface area contributed by atoms with Crippen molar-refractivity contribution in [2.75, 3.05) is 37.6 Å². The number of nitrogens with zero attached hydrogens (tertiary/aromatic N) is 3. The molecule has 0 bridgehead atoms. The van der Waals surface area contributed by atoms with Crippen molar-refractivity contribution >= 4 is 11.6 Å². The van der Waals surface area contributed by atoms with Crippen LogP contribution in [0.2, 0.25) is 0 Å². The van der Waals surface area contributed by atoms with Crippen LogP contribution in [0.4, 0.5) is 5.69 Å². The molecular weight excluding hydrogens is 376 g/mol. The van der Waals surface area contributed by atoms with Crippen LogP contribution >= 0.6 is 0 Å². The molecule has 0 saturated carbocycles. The van der Waals surface area contributed by atoms with Gasteiger partial charge in [0.05, 0.1) is 6.10 Å². The normalized spacial score (nSPS) is 20.4. The maximum absolute atomic E-state index is 12.7. The monoisotopic (exact) mass is 408 g/mol. The van der Waals surface area contributed by atoms with Gasteiger partial charge in [0.25, 0.3) is 5.91 Å². The number of aliphatic hydroxyl groups is 1. The predicted molar refractivity (Wildman–Crippen MR) is 119 cm³/mol. The van der Waals surface area contributed by atoms with E-state index in [0.29, 0.717) is 18.2 Å². The highest BCUT2D eigenvalue weighted by atomic mass is 16.3. The number of carbonyl (C=O) groups excluding carboxylic acids is 1. The molecule has 30 heavy (non-hydrogen) atoms. The number of carbonyl (C=O) groups is 1. The van der Waals surface area contributed by atoms with Gasteiger partial charge in [-0.25, -0.2) is 0 Å². The molecule has 3 heterocycles. The van der Waals surface area contributed by atoms with E-state index < -0.39 is 0 Å². The van der Waals surface area contributed by atoms with E-state index in [-0.39, 0.29) is 12.0 Å². The first-order valence-electron chi connectivity index (χ1n) is 11.1. The summed E-state index contributed by atoms with van der Waals surface area (Å²) < 4.78 is 0. The molecule has 1 aromatic carbocycles. The number of aromatic nitrogens is 1. The van der Waals surface area contributed by atoms with E-state index in [4.69, 9.17) is 0 Å². The number of nitrogens with one attached hydrogen (secondary N) is 1. The van der Waals surface area contributed by atoms with Crippen LogP contribution in [0.25, 0.3) is 0 Å². The van der Waals surface area contributed by atoms with Crippen molar-refractivity contribution in [3.8, 4) is 0 Å². The molecule has 2 aliphatic heterocycles. The van der Waals surface area contributed by atoms with Gasteiger partial charge in [-0.05, 0) is 80.6 Å². The molecule has 6 heteroatoms. The summed E-state index contributed by atoms with van der Waals surface area (Å²) in [6.45, 7) is 4.23. The average Bonchev–Trinajstić information content (AvgIpc) is 2.80. The molecule has 2 saturated heterocycles. The summed E-state index contributed by atoms with van der Waals surface area (Å²) in [5, 5.41) is 13.5. The summed E-state index contributed by atoms with van der Waals surface area (Å²) in [5.74, 6) is 0.0254. The summed E-state index contributed by atoms with van der Waals surface area (Å²) in [4.78, 5) is 20.9. The Morgan fingerprint density at radius 2 is 1.77 bits per heavy atom. The van der Waals surface area contributed by atoms with Gasteiger partial charge >= 0.3 is 0 Å². The van der Waals surface area contributed by atoms with Crippen molar-refractivity contribution in [3.63, 3.8) is 0 Å². The van der Waals surface area contributed by atoms with Crippen molar-refractivity contribution in [2.24, 2.45) is 0 Å². The highest BCUT2D eigenvalue weighted by Crippen LogP contribution is 2.22. The smallest absolute Gasteiger partial charge is 0.253 e. The van der Waals surface area contributed by atoms with Gasteiger partial charge in [-0.3, -0.25) is 9.78 Å². The second-order valence-electron chi connectivity index (χ2n) is 8.42. The molecular formula is C24H32N4O2. The molecule has 1 aromatic heterocycles. The van der Waals surface area contributed by atoms with E-state index >= 15 is 0 Å². The number of benzene rings is 1. The fraction of sp³-hybridized carbons (Fsp3) is 0.500. The quantitative estimate of drug-likeness (QED) is 0.769. The maximum atomic E-state index is 12.7. The van der Waals surface area contributed by atoms with Crippen LogP contribution in [0.15, 0.2) is 48.8 Å². The fourth-order valence-corrected chi connectivity index (χ4v) is 4.45. The predicted octanol–water partition coefficient (Wildman–Crippen LogP) is 2.48. The van der Waals surface area contributed by atoms with Gasteiger partial charge in [-0.2, -0.15) is 0 Å². The number of aliphatic hydroxyl groups excluding tert-OH is 1. The van der Waals surface area contributed by atoms with E-state index in [0.717, 1.165) is 58.3 Å². The van der Waals surface area contributed by atoms with Crippen LogP contribution in [0.3, 0.4) is 0 Å². The molecule has 0 spiro atoms. The summed E-state index contributed by atoms with van der Waals surface area (Å²) in [5.41, 5.74) is 3.21. The van der Waals surface area contributed by atoms with Gasteiger partial charge in [0.2, 0.25) is 0 Å². The zero-order valence-electron chi connectivity index (χ0n) is 17.5. The Kier molecular flexibility index (Phi) is 6.97. The minimum Gasteiger partial charge on any atom is -0.391 e. The first-order valence-corrected chi connectivity index (χ1v) is 11.1. The molecule has 6 nitrogen and oxygen atoms in total. The zero-order valence-corrected chi connectivity index (χ0v) is 17.5. The van der Waals surface area contributed by atoms with E-state index in [2.05, 4.69) is 39.5 Å². The minimum absolute atomic E-state index is 0.0254. The standard InChI is InChI=1S/C24H32N4O2/c29-23-2-1-15-28(18-23)24(30)20-3-5-22(6-4-20)27-16-10-21(11-17-27)26-14-9-19-7-12-25-13-8-19/h3-8,12-13,21,23,26,29H,1-2,9-11,14-18H2/t23-/m1/s1. The summed E-state index contributed by atoms with van der Waals surface area (Å²) >= 11 is 0. The minimum atomic E-state index is -0.387. The van der Waals surface area contributed by atoms with Crippen LogP contribution in [0, 0.1) is 0 Å². The number of anilines is 1. The van der Waals surface area contributed by atoms with E-state index in [1.807, 2.05) is 24.5 Å². The Hall–Kier alpha value is -2.44. The van der Waals surface area contributed by atoms with E-state index in [1.165, 1.54) is 11.3 Å². The Balaban J connectivity index is 1.23. The number of hydrogen-bond donors (Lipinski definition) is 2. The maximum Gasteiger partial charge on any atom is 0.253 e. The van der Waals surface area contributed by atoms with Crippen molar-refractivity contribution in [1.82, 2.24) is 15.2 Å². The van der Waals surface area contributed by atoms with Crippen LogP contribution in [-0.2, 0) is 6.42 Å². The van der Waals surface area contributed by atoms with Crippen LogP contribution in [0.5, 0.6) is 0 Å². The van der Waals surface area contributed by atoms with E-state index in [9.17, 15) is 9.90 Å². The lowest BCUT2D eigenvalue weighted by atomic mass is 10.0. The third kappa shape index (κ3) is 5.37. The van der Waals surface area contributed by atoms with Gasteiger partial charge in [0.15, 0.2) is 0 Å². The highest BCUT2D eigenvalue weighted by molar-refractivity contribution is 5.94. The van der Waals surface area contributed by atoms with Crippen LogP contribution in [-0.4, -0.2) is 65.8 Å². The number of amides is 1. The number of rotatable bonds is 6. The van der Waals surface area contributed by atoms with Crippen LogP contribution < -0.4 is 10.2 Å². The molecule has 2 fully saturated rings. The molecule has 1 amide bonds. The molecule has 0 radical (unpaired) electrons. The molecule has 2 aliphatic rings. The molecule has 2 aromatic rings. The van der Waals surface area contributed by atoms with Gasteiger partial charge in [-0.1, -0.05) is 0 Å². The summed E-state index contributed by atoms with van der Waals surface area (Å²) in [6, 6.07) is 12.7. The lowest BCUT2D eigenvalue weighted by Crippen LogP contribution is -2.43. The molecule has 1 atom stereocenters. The fourth-order valence-electron chi connectivity index (χ4n) is 4.45. The number of likely N-dealkylation sites (tertiary alicyclic amines) is 1. The number of β-amino-alcohol motifs (C(OH)–C–C–N with tert-alkyl or cyclic N) is 1.